The molecule has 0 radical (unpaired) electrons. The second kappa shape index (κ2) is 9.95. The number of anilines is 1. The fourth-order valence-electron chi connectivity index (χ4n) is 2.90. The number of carbonyl (C=O) groups is 2. The number of ketones is 1. The monoisotopic (exact) mass is 459 g/mol. The van der Waals surface area contributed by atoms with Gasteiger partial charge in [-0.3, -0.25) is 13.9 Å². The van der Waals surface area contributed by atoms with Crippen molar-refractivity contribution in [1.82, 2.24) is 0 Å². The average Bonchev–Trinajstić information content (AvgIpc) is 3.31. The number of carbonyl (C=O) groups excluding carboxylic acids is 2. The van der Waals surface area contributed by atoms with Gasteiger partial charge < -0.3 is 9.52 Å². The molecule has 0 aliphatic carbocycles. The van der Waals surface area contributed by atoms with Crippen LogP contribution in [-0.2, 0) is 14.8 Å². The quantitative estimate of drug-likeness (QED) is 0.488. The first kappa shape index (κ1) is 22.8. The number of aliphatic hydroxyl groups is 1. The minimum absolute atomic E-state index is 0.0232. The van der Waals surface area contributed by atoms with Crippen LogP contribution in [0.15, 0.2) is 76.2 Å². The van der Waals surface area contributed by atoms with Crippen LogP contribution in [-0.4, -0.2) is 43.3 Å². The van der Waals surface area contributed by atoms with E-state index in [0.717, 1.165) is 21.6 Å². The van der Waals surface area contributed by atoms with E-state index in [1.807, 2.05) is 0 Å². The highest BCUT2D eigenvalue weighted by Gasteiger charge is 2.25. The molecule has 9 heteroatoms. The predicted octanol–water partition coefficient (Wildman–Crippen LogP) is 3.60. The van der Waals surface area contributed by atoms with E-state index in [2.05, 4.69) is 0 Å². The smallest absolute Gasteiger partial charge is 0.264 e. The van der Waals surface area contributed by atoms with Crippen molar-refractivity contribution in [3.8, 4) is 11.3 Å². The highest BCUT2D eigenvalue weighted by Crippen LogP contribution is 2.27. The fraction of sp³-hybridized carbons (Fsp3) is 0.182. The molecule has 0 aliphatic rings. The van der Waals surface area contributed by atoms with Crippen LogP contribution < -0.4 is 4.31 Å². The lowest BCUT2D eigenvalue weighted by atomic mass is 10.1. The lowest BCUT2D eigenvalue weighted by Gasteiger charge is -2.24. The molecule has 0 bridgehead atoms. The summed E-state index contributed by atoms with van der Waals surface area (Å²) in [4.78, 5) is 23.3. The second-order valence-corrected chi connectivity index (χ2v) is 9.57. The molecule has 2 aromatic carbocycles. The van der Waals surface area contributed by atoms with Gasteiger partial charge in [-0.2, -0.15) is 0 Å². The normalized spacial score (nSPS) is 11.3. The third kappa shape index (κ3) is 5.43. The zero-order valence-corrected chi connectivity index (χ0v) is 18.4. The maximum atomic E-state index is 13.2. The van der Waals surface area contributed by atoms with Crippen molar-refractivity contribution in [3.63, 3.8) is 0 Å². The topological polar surface area (TPSA) is 105 Å². The van der Waals surface area contributed by atoms with Crippen molar-refractivity contribution >= 4 is 38.4 Å². The SMILES string of the molecule is CC(=O)SCC(=O)c1ccc(N(CCO)S(=O)(=O)c2ccc(-c3ccco3)cc2)cc1. The van der Waals surface area contributed by atoms with E-state index in [0.29, 0.717) is 17.0 Å². The summed E-state index contributed by atoms with van der Waals surface area (Å²) >= 11 is 0.920. The molecular formula is C22H21NO6S2. The summed E-state index contributed by atoms with van der Waals surface area (Å²) in [6, 6.07) is 15.8. The number of sulfonamides is 1. The first-order chi connectivity index (χ1) is 14.8. The van der Waals surface area contributed by atoms with Crippen molar-refractivity contribution in [2.45, 2.75) is 11.8 Å². The summed E-state index contributed by atoms with van der Waals surface area (Å²) in [5.41, 5.74) is 1.44. The standard InChI is InChI=1S/C22H21NO6S2/c1-16(25)30-15-21(26)17-4-8-19(9-5-17)23(12-13-24)31(27,28)20-10-6-18(7-11-20)22-3-2-14-29-22/h2-11,14,24H,12-13,15H2,1H3. The van der Waals surface area contributed by atoms with Crippen molar-refractivity contribution in [1.29, 1.82) is 0 Å². The van der Waals surface area contributed by atoms with E-state index in [1.165, 1.54) is 49.6 Å². The summed E-state index contributed by atoms with van der Waals surface area (Å²) in [7, 11) is -3.95. The van der Waals surface area contributed by atoms with Crippen molar-refractivity contribution in [3.05, 3.63) is 72.5 Å². The van der Waals surface area contributed by atoms with Gasteiger partial charge in [-0.1, -0.05) is 11.8 Å². The Morgan fingerprint density at radius 2 is 1.71 bits per heavy atom. The minimum atomic E-state index is -3.95. The Hall–Kier alpha value is -2.88. The summed E-state index contributed by atoms with van der Waals surface area (Å²) in [5, 5.41) is 9.29. The first-order valence-electron chi connectivity index (χ1n) is 9.37. The molecule has 0 amide bonds. The average molecular weight is 460 g/mol. The van der Waals surface area contributed by atoms with Gasteiger partial charge in [0.2, 0.25) is 0 Å². The Kier molecular flexibility index (Phi) is 7.32. The zero-order chi connectivity index (χ0) is 22.4. The molecule has 0 atom stereocenters. The Labute approximate surface area is 184 Å². The van der Waals surface area contributed by atoms with Crippen LogP contribution in [0, 0.1) is 0 Å². The Balaban J connectivity index is 1.85. The zero-order valence-electron chi connectivity index (χ0n) is 16.7. The van der Waals surface area contributed by atoms with Gasteiger partial charge in [0.15, 0.2) is 10.9 Å². The van der Waals surface area contributed by atoms with E-state index < -0.39 is 10.0 Å². The van der Waals surface area contributed by atoms with E-state index in [4.69, 9.17) is 4.42 Å². The van der Waals surface area contributed by atoms with E-state index >= 15 is 0 Å². The molecule has 7 nitrogen and oxygen atoms in total. The fourth-order valence-corrected chi connectivity index (χ4v) is 4.86. The van der Waals surface area contributed by atoms with Crippen LogP contribution in [0.3, 0.4) is 0 Å². The Morgan fingerprint density at radius 3 is 2.26 bits per heavy atom. The molecule has 31 heavy (non-hydrogen) atoms. The van der Waals surface area contributed by atoms with Crippen LogP contribution in [0.5, 0.6) is 0 Å². The number of Topliss-reactive ketones (excluding diaryl/α,β-unsaturated/α-hetero) is 1. The summed E-state index contributed by atoms with van der Waals surface area (Å²) < 4.78 is 32.8. The Bertz CT molecular complexity index is 1140. The van der Waals surface area contributed by atoms with Gasteiger partial charge in [0.05, 0.1) is 35.8 Å². The van der Waals surface area contributed by atoms with Crippen LogP contribution in [0.4, 0.5) is 5.69 Å². The maximum absolute atomic E-state index is 13.2. The molecule has 1 heterocycles. The number of thioether (sulfide) groups is 1. The van der Waals surface area contributed by atoms with E-state index in [9.17, 15) is 23.1 Å². The molecule has 0 spiro atoms. The molecule has 1 aromatic heterocycles. The predicted molar refractivity (Wildman–Crippen MR) is 120 cm³/mol. The molecular weight excluding hydrogens is 438 g/mol. The van der Waals surface area contributed by atoms with Gasteiger partial charge in [0, 0.05) is 18.1 Å². The number of hydrogen-bond donors (Lipinski definition) is 1. The summed E-state index contributed by atoms with van der Waals surface area (Å²) in [6.07, 6.45) is 1.54. The van der Waals surface area contributed by atoms with Crippen molar-refractivity contribution < 1.29 is 27.5 Å². The number of aliphatic hydroxyl groups excluding tert-OH is 1. The van der Waals surface area contributed by atoms with Gasteiger partial charge in [0.25, 0.3) is 10.0 Å². The first-order valence-corrected chi connectivity index (χ1v) is 11.8. The molecule has 0 fully saturated rings. The number of nitrogens with zero attached hydrogens (tertiary/aromatic N) is 1. The van der Waals surface area contributed by atoms with Gasteiger partial charge >= 0.3 is 0 Å². The van der Waals surface area contributed by atoms with Gasteiger partial charge in [-0.05, 0) is 60.7 Å². The molecule has 0 aliphatic heterocycles. The highest BCUT2D eigenvalue weighted by molar-refractivity contribution is 8.14. The molecule has 0 saturated carbocycles. The Morgan fingerprint density at radius 1 is 1.03 bits per heavy atom. The largest absolute Gasteiger partial charge is 0.464 e. The molecule has 0 unspecified atom stereocenters. The molecule has 162 valence electrons. The minimum Gasteiger partial charge on any atom is -0.464 e. The van der Waals surface area contributed by atoms with Crippen molar-refractivity contribution in [2.75, 3.05) is 23.2 Å². The van der Waals surface area contributed by atoms with E-state index in [1.54, 1.807) is 24.3 Å². The summed E-state index contributed by atoms with van der Waals surface area (Å²) in [5.74, 6) is 0.422. The lowest BCUT2D eigenvalue weighted by Crippen LogP contribution is -2.33. The van der Waals surface area contributed by atoms with Crippen LogP contribution in [0.1, 0.15) is 17.3 Å². The van der Waals surface area contributed by atoms with E-state index in [-0.39, 0.29) is 34.7 Å². The van der Waals surface area contributed by atoms with Crippen LogP contribution in [0.2, 0.25) is 0 Å². The van der Waals surface area contributed by atoms with Crippen LogP contribution >= 0.6 is 11.8 Å². The third-order valence-corrected chi connectivity index (χ3v) is 7.09. The van der Waals surface area contributed by atoms with Gasteiger partial charge in [-0.25, -0.2) is 8.42 Å². The van der Waals surface area contributed by atoms with Gasteiger partial charge in [-0.15, -0.1) is 0 Å². The lowest BCUT2D eigenvalue weighted by molar-refractivity contribution is -0.109. The molecule has 0 saturated heterocycles. The molecule has 3 aromatic rings. The highest BCUT2D eigenvalue weighted by atomic mass is 32.2. The number of rotatable bonds is 9. The van der Waals surface area contributed by atoms with Crippen molar-refractivity contribution in [2.24, 2.45) is 0 Å². The van der Waals surface area contributed by atoms with Crippen LogP contribution in [0.25, 0.3) is 11.3 Å². The second-order valence-electron chi connectivity index (χ2n) is 6.55. The summed E-state index contributed by atoms with van der Waals surface area (Å²) in [6.45, 7) is 0.870. The number of benzene rings is 2. The maximum Gasteiger partial charge on any atom is 0.264 e. The molecule has 3 rings (SSSR count). The number of furan rings is 1. The third-order valence-electron chi connectivity index (χ3n) is 4.43. The molecule has 1 N–H and O–H groups in total. The van der Waals surface area contributed by atoms with Gasteiger partial charge in [0.1, 0.15) is 5.76 Å². The number of hydrogen-bond acceptors (Lipinski definition) is 7.